The van der Waals surface area contributed by atoms with E-state index in [0.29, 0.717) is 10.7 Å². The van der Waals surface area contributed by atoms with E-state index in [-0.39, 0.29) is 23.3 Å². The Morgan fingerprint density at radius 1 is 1.23 bits per heavy atom. The van der Waals surface area contributed by atoms with Crippen molar-refractivity contribution < 1.29 is 9.18 Å². The molecular formula is C20H22FN3OS. The zero-order valence-corrected chi connectivity index (χ0v) is 15.6. The topological polar surface area (TPSA) is 67.5 Å². The third-order valence-electron chi connectivity index (χ3n) is 4.68. The van der Waals surface area contributed by atoms with E-state index in [9.17, 15) is 9.18 Å². The van der Waals surface area contributed by atoms with Gasteiger partial charge in [-0.25, -0.2) is 4.39 Å². The first-order chi connectivity index (χ1) is 12.4. The molecule has 1 aliphatic heterocycles. The second-order valence-corrected chi connectivity index (χ2v) is 7.76. The molecule has 2 aromatic rings. The minimum atomic E-state index is -0.342. The number of amides is 1. The summed E-state index contributed by atoms with van der Waals surface area (Å²) in [7, 11) is 0. The fourth-order valence-corrected chi connectivity index (χ4v) is 3.96. The highest BCUT2D eigenvalue weighted by molar-refractivity contribution is 8.13. The molecule has 2 unspecified atom stereocenters. The van der Waals surface area contributed by atoms with Gasteiger partial charge < -0.3 is 11.1 Å². The van der Waals surface area contributed by atoms with Gasteiger partial charge in [0.05, 0.1) is 11.6 Å². The molecule has 26 heavy (non-hydrogen) atoms. The van der Waals surface area contributed by atoms with Crippen molar-refractivity contribution in [1.29, 1.82) is 0 Å². The van der Waals surface area contributed by atoms with Gasteiger partial charge in [-0.15, -0.1) is 0 Å². The minimum Gasteiger partial charge on any atom is -0.379 e. The molecule has 2 aromatic carbocycles. The van der Waals surface area contributed by atoms with Crippen LogP contribution in [0.25, 0.3) is 0 Å². The Balaban J connectivity index is 1.71. The van der Waals surface area contributed by atoms with Gasteiger partial charge in [-0.1, -0.05) is 36.0 Å². The molecule has 2 atom stereocenters. The van der Waals surface area contributed by atoms with E-state index in [0.717, 1.165) is 23.3 Å². The van der Waals surface area contributed by atoms with Gasteiger partial charge in [0.15, 0.2) is 5.17 Å². The SMILES string of the molecule is CC(NC(=O)c1ccc(C2(C)CCSC(N)=N2)cc1)c1ccc(F)cc1. The van der Waals surface area contributed by atoms with Crippen LogP contribution in [0.5, 0.6) is 0 Å². The van der Waals surface area contributed by atoms with Crippen LogP contribution in [0.3, 0.4) is 0 Å². The molecule has 0 bridgehead atoms. The molecule has 0 saturated carbocycles. The van der Waals surface area contributed by atoms with Crippen molar-refractivity contribution in [3.05, 3.63) is 71.0 Å². The lowest BCUT2D eigenvalue weighted by atomic mass is 9.89. The molecule has 1 aliphatic rings. The largest absolute Gasteiger partial charge is 0.379 e. The van der Waals surface area contributed by atoms with Crippen molar-refractivity contribution in [2.24, 2.45) is 10.7 Å². The Hall–Kier alpha value is -2.34. The molecule has 0 radical (unpaired) electrons. The number of amidine groups is 1. The average molecular weight is 371 g/mol. The van der Waals surface area contributed by atoms with Gasteiger partial charge in [0.1, 0.15) is 5.82 Å². The molecule has 3 N–H and O–H groups in total. The number of hydrogen-bond acceptors (Lipinski definition) is 4. The highest BCUT2D eigenvalue weighted by atomic mass is 32.2. The van der Waals surface area contributed by atoms with Crippen LogP contribution in [0.1, 0.15) is 47.8 Å². The first kappa shape index (κ1) is 18.5. The van der Waals surface area contributed by atoms with Crippen molar-refractivity contribution in [1.82, 2.24) is 5.32 Å². The van der Waals surface area contributed by atoms with Gasteiger partial charge in [-0.05, 0) is 55.7 Å². The number of hydrogen-bond donors (Lipinski definition) is 2. The monoisotopic (exact) mass is 371 g/mol. The van der Waals surface area contributed by atoms with Gasteiger partial charge >= 0.3 is 0 Å². The minimum absolute atomic E-state index is 0.166. The third-order valence-corrected chi connectivity index (χ3v) is 5.48. The number of rotatable bonds is 4. The van der Waals surface area contributed by atoms with Crippen molar-refractivity contribution in [2.45, 2.75) is 31.8 Å². The van der Waals surface area contributed by atoms with E-state index in [4.69, 9.17) is 5.73 Å². The fraction of sp³-hybridized carbons (Fsp3) is 0.300. The Morgan fingerprint density at radius 3 is 2.50 bits per heavy atom. The zero-order chi connectivity index (χ0) is 18.7. The summed E-state index contributed by atoms with van der Waals surface area (Å²) in [6, 6.07) is 13.4. The molecule has 0 fully saturated rings. The van der Waals surface area contributed by atoms with Gasteiger partial charge in [0.2, 0.25) is 0 Å². The Bertz CT molecular complexity index is 820. The maximum Gasteiger partial charge on any atom is 0.251 e. The van der Waals surface area contributed by atoms with Crippen LogP contribution in [0.15, 0.2) is 53.5 Å². The molecule has 1 amide bonds. The van der Waals surface area contributed by atoms with Gasteiger partial charge in [0, 0.05) is 11.3 Å². The van der Waals surface area contributed by atoms with Crippen molar-refractivity contribution >= 4 is 22.8 Å². The number of nitrogens with two attached hydrogens (primary N) is 1. The summed E-state index contributed by atoms with van der Waals surface area (Å²) in [5, 5.41) is 3.54. The van der Waals surface area contributed by atoms with Crippen molar-refractivity contribution in [3.8, 4) is 0 Å². The van der Waals surface area contributed by atoms with Crippen LogP contribution in [0.2, 0.25) is 0 Å². The normalized spacial score (nSPS) is 21.0. The zero-order valence-electron chi connectivity index (χ0n) is 14.8. The maximum atomic E-state index is 13.0. The highest BCUT2D eigenvalue weighted by Crippen LogP contribution is 2.34. The van der Waals surface area contributed by atoms with E-state index < -0.39 is 0 Å². The van der Waals surface area contributed by atoms with E-state index in [1.165, 1.54) is 12.1 Å². The van der Waals surface area contributed by atoms with E-state index in [1.807, 2.05) is 19.1 Å². The highest BCUT2D eigenvalue weighted by Gasteiger charge is 2.29. The first-order valence-electron chi connectivity index (χ1n) is 8.52. The fourth-order valence-electron chi connectivity index (χ4n) is 2.99. The van der Waals surface area contributed by atoms with Gasteiger partial charge in [-0.3, -0.25) is 9.79 Å². The van der Waals surface area contributed by atoms with Crippen molar-refractivity contribution in [3.63, 3.8) is 0 Å². The number of nitrogens with zero attached hydrogens (tertiary/aromatic N) is 1. The molecule has 136 valence electrons. The summed E-state index contributed by atoms with van der Waals surface area (Å²) in [6.45, 7) is 3.93. The Morgan fingerprint density at radius 2 is 1.88 bits per heavy atom. The lowest BCUT2D eigenvalue weighted by molar-refractivity contribution is 0.0940. The number of nitrogens with one attached hydrogen (secondary N) is 1. The summed E-state index contributed by atoms with van der Waals surface area (Å²) in [5.74, 6) is 0.477. The number of halogens is 1. The predicted molar refractivity (Wildman–Crippen MR) is 105 cm³/mol. The predicted octanol–water partition coefficient (Wildman–Crippen LogP) is 3.98. The van der Waals surface area contributed by atoms with E-state index in [2.05, 4.69) is 17.2 Å². The Labute approximate surface area is 157 Å². The smallest absolute Gasteiger partial charge is 0.251 e. The van der Waals surface area contributed by atoms with Crippen LogP contribution in [0.4, 0.5) is 4.39 Å². The standard InChI is InChI=1S/C20H22FN3OS/c1-13(14-5-9-17(21)10-6-14)23-18(25)15-3-7-16(8-4-15)20(2)11-12-26-19(22)24-20/h3-10,13H,11-12H2,1-2H3,(H2,22,24)(H,23,25). The van der Waals surface area contributed by atoms with Crippen LogP contribution in [0, 0.1) is 5.82 Å². The van der Waals surface area contributed by atoms with Crippen LogP contribution in [-0.4, -0.2) is 16.8 Å². The molecular weight excluding hydrogens is 349 g/mol. The quantitative estimate of drug-likeness (QED) is 0.854. The lowest BCUT2D eigenvalue weighted by Gasteiger charge is -2.29. The van der Waals surface area contributed by atoms with Gasteiger partial charge in [0.25, 0.3) is 5.91 Å². The molecule has 1 heterocycles. The van der Waals surface area contributed by atoms with Crippen molar-refractivity contribution in [2.75, 3.05) is 5.75 Å². The molecule has 0 aliphatic carbocycles. The second kappa shape index (κ2) is 7.50. The lowest BCUT2D eigenvalue weighted by Crippen LogP contribution is -2.29. The summed E-state index contributed by atoms with van der Waals surface area (Å²) in [6.07, 6.45) is 0.908. The first-order valence-corrected chi connectivity index (χ1v) is 9.51. The Kier molecular flexibility index (Phi) is 5.32. The molecule has 0 spiro atoms. The molecule has 4 nitrogen and oxygen atoms in total. The number of thioether (sulfide) groups is 1. The third kappa shape index (κ3) is 4.07. The number of aliphatic imine (C=N–C) groups is 1. The molecule has 0 aromatic heterocycles. The summed E-state index contributed by atoms with van der Waals surface area (Å²) in [4.78, 5) is 17.1. The maximum absolute atomic E-state index is 13.0. The molecule has 6 heteroatoms. The van der Waals surface area contributed by atoms with E-state index >= 15 is 0 Å². The van der Waals surface area contributed by atoms with Gasteiger partial charge in [-0.2, -0.15) is 0 Å². The number of carbonyl (C=O) groups is 1. The average Bonchev–Trinajstić information content (AvgIpc) is 2.62. The van der Waals surface area contributed by atoms with E-state index in [1.54, 1.807) is 36.0 Å². The summed E-state index contributed by atoms with van der Waals surface area (Å²) < 4.78 is 13.0. The molecule has 3 rings (SSSR count). The number of benzene rings is 2. The molecule has 0 saturated heterocycles. The summed E-state index contributed by atoms with van der Waals surface area (Å²) >= 11 is 1.57. The van der Waals surface area contributed by atoms with Crippen LogP contribution < -0.4 is 11.1 Å². The summed E-state index contributed by atoms with van der Waals surface area (Å²) in [5.41, 5.74) is 8.01. The van der Waals surface area contributed by atoms with Crippen LogP contribution in [-0.2, 0) is 5.54 Å². The second-order valence-electron chi connectivity index (χ2n) is 6.65. The number of carbonyl (C=O) groups excluding carboxylic acids is 1. The van der Waals surface area contributed by atoms with Crippen LogP contribution >= 0.6 is 11.8 Å².